The second kappa shape index (κ2) is 7.08. The number of hydrogen-bond donors (Lipinski definition) is 1. The average molecular weight is 468 g/mol. The number of para-hydroxylation sites is 2. The molecule has 6 heteroatoms. The van der Waals surface area contributed by atoms with Crippen molar-refractivity contribution in [3.05, 3.63) is 90.3 Å². The molecule has 1 saturated heterocycles. The molecule has 5 aromatic rings. The third kappa shape index (κ3) is 2.73. The van der Waals surface area contributed by atoms with Gasteiger partial charge in [0.2, 0.25) is 9.84 Å². The Labute approximate surface area is 198 Å². The Morgan fingerprint density at radius 3 is 2.53 bits per heavy atom. The zero-order chi connectivity index (χ0) is 23.0. The highest BCUT2D eigenvalue weighted by Gasteiger charge is 2.36. The van der Waals surface area contributed by atoms with Crippen LogP contribution < -0.4 is 5.32 Å². The first-order valence-electron chi connectivity index (χ1n) is 11.8. The van der Waals surface area contributed by atoms with Crippen LogP contribution in [-0.2, 0) is 23.3 Å². The fourth-order valence-electron chi connectivity index (χ4n) is 6.04. The Bertz CT molecular complexity index is 1700. The summed E-state index contributed by atoms with van der Waals surface area (Å²) in [4.78, 5) is 0.694. The van der Waals surface area contributed by atoms with Crippen molar-refractivity contribution >= 4 is 31.6 Å². The molecule has 34 heavy (non-hydrogen) atoms. The summed E-state index contributed by atoms with van der Waals surface area (Å²) in [6.07, 6.45) is 5.06. The van der Waals surface area contributed by atoms with Crippen molar-refractivity contribution in [1.82, 2.24) is 14.5 Å². The smallest absolute Gasteiger partial charge is 0.208 e. The summed E-state index contributed by atoms with van der Waals surface area (Å²) in [6, 6.07) is 24.1. The van der Waals surface area contributed by atoms with Crippen LogP contribution in [0.5, 0.6) is 0 Å². The van der Waals surface area contributed by atoms with E-state index in [1.807, 2.05) is 71.3 Å². The minimum Gasteiger partial charge on any atom is -0.347 e. The molecule has 0 spiro atoms. The number of fused-ring (bicyclic) bond motifs is 7. The van der Waals surface area contributed by atoms with Crippen LogP contribution in [0.25, 0.3) is 27.5 Å². The van der Waals surface area contributed by atoms with Crippen molar-refractivity contribution in [2.75, 3.05) is 0 Å². The highest BCUT2D eigenvalue weighted by Crippen LogP contribution is 2.42. The molecule has 2 aliphatic rings. The molecule has 0 aliphatic carbocycles. The molecule has 2 unspecified atom stereocenters. The monoisotopic (exact) mass is 467 g/mol. The number of aryl methyl sites for hydroxylation is 1. The van der Waals surface area contributed by atoms with E-state index < -0.39 is 9.84 Å². The molecule has 170 valence electrons. The summed E-state index contributed by atoms with van der Waals surface area (Å²) >= 11 is 0. The van der Waals surface area contributed by atoms with Crippen LogP contribution in [0.2, 0.25) is 0 Å². The minimum absolute atomic E-state index is 0.315. The predicted octanol–water partition coefficient (Wildman–Crippen LogP) is 5.30. The molecule has 4 heterocycles. The van der Waals surface area contributed by atoms with Crippen LogP contribution in [0.15, 0.2) is 88.8 Å². The van der Waals surface area contributed by atoms with Gasteiger partial charge in [0.05, 0.1) is 15.3 Å². The summed E-state index contributed by atoms with van der Waals surface area (Å²) in [7, 11) is -1.62. The largest absolute Gasteiger partial charge is 0.347 e. The summed E-state index contributed by atoms with van der Waals surface area (Å²) in [5, 5.41) is 5.52. The van der Waals surface area contributed by atoms with Gasteiger partial charge < -0.3 is 14.5 Å². The van der Waals surface area contributed by atoms with Crippen molar-refractivity contribution in [3.63, 3.8) is 0 Å². The van der Waals surface area contributed by atoms with Gasteiger partial charge in [0.1, 0.15) is 0 Å². The summed E-state index contributed by atoms with van der Waals surface area (Å²) < 4.78 is 32.3. The summed E-state index contributed by atoms with van der Waals surface area (Å²) in [5.74, 6) is 0. The molecule has 2 atom stereocenters. The van der Waals surface area contributed by atoms with Gasteiger partial charge in [-0.3, -0.25) is 0 Å². The lowest BCUT2D eigenvalue weighted by atomic mass is 9.99. The van der Waals surface area contributed by atoms with E-state index in [-0.39, 0.29) is 0 Å². The Hall–Kier alpha value is -3.35. The van der Waals surface area contributed by atoms with Gasteiger partial charge in [-0.2, -0.15) is 0 Å². The molecular weight excluding hydrogens is 442 g/mol. The minimum atomic E-state index is -3.73. The zero-order valence-electron chi connectivity index (χ0n) is 18.9. The van der Waals surface area contributed by atoms with Gasteiger partial charge in [0, 0.05) is 59.4 Å². The van der Waals surface area contributed by atoms with E-state index in [2.05, 4.69) is 16.9 Å². The molecule has 2 aliphatic heterocycles. The van der Waals surface area contributed by atoms with Crippen molar-refractivity contribution in [2.24, 2.45) is 7.05 Å². The Balaban J connectivity index is 1.44. The first-order valence-corrected chi connectivity index (χ1v) is 13.3. The van der Waals surface area contributed by atoms with Crippen LogP contribution in [0.4, 0.5) is 0 Å². The second-order valence-corrected chi connectivity index (χ2v) is 11.4. The number of nitrogens with zero attached hydrogens (tertiary/aromatic N) is 2. The molecule has 5 nitrogen and oxygen atoms in total. The number of benzene rings is 3. The van der Waals surface area contributed by atoms with Gasteiger partial charge >= 0.3 is 0 Å². The molecule has 0 amide bonds. The van der Waals surface area contributed by atoms with Crippen LogP contribution >= 0.6 is 0 Å². The highest BCUT2D eigenvalue weighted by molar-refractivity contribution is 7.91. The number of hydrogen-bond acceptors (Lipinski definition) is 3. The van der Waals surface area contributed by atoms with E-state index in [0.717, 1.165) is 40.3 Å². The van der Waals surface area contributed by atoms with E-state index >= 15 is 0 Å². The number of sulfone groups is 1. The lowest BCUT2D eigenvalue weighted by Crippen LogP contribution is -2.32. The fraction of sp³-hybridized carbons (Fsp3) is 0.214. The summed E-state index contributed by atoms with van der Waals surface area (Å²) in [6.45, 7) is 0. The van der Waals surface area contributed by atoms with E-state index in [4.69, 9.17) is 0 Å². The molecule has 7 rings (SSSR count). The molecule has 2 aromatic heterocycles. The van der Waals surface area contributed by atoms with Crippen LogP contribution in [0.3, 0.4) is 0 Å². The Kier molecular flexibility index (Phi) is 4.17. The third-order valence-electron chi connectivity index (χ3n) is 7.67. The quantitative estimate of drug-likeness (QED) is 0.392. The molecule has 0 radical (unpaired) electrons. The van der Waals surface area contributed by atoms with Crippen molar-refractivity contribution in [1.29, 1.82) is 0 Å². The Morgan fingerprint density at radius 1 is 0.882 bits per heavy atom. The van der Waals surface area contributed by atoms with Crippen LogP contribution in [-0.4, -0.2) is 23.6 Å². The van der Waals surface area contributed by atoms with Gasteiger partial charge in [0.15, 0.2) is 0 Å². The molecule has 0 saturated carbocycles. The molecule has 1 fully saturated rings. The third-order valence-corrected chi connectivity index (χ3v) is 9.45. The van der Waals surface area contributed by atoms with E-state index in [1.165, 1.54) is 17.7 Å². The maximum absolute atomic E-state index is 14.0. The molecule has 3 aromatic carbocycles. The molecule has 2 bridgehead atoms. The SMILES string of the molecule is Cn1c2c(c3cc(S(=O)(=O)c4cn(-c5ccccc5)c5ccccc45)ccc31)C1CCC(C2)N1. The first kappa shape index (κ1) is 20.1. The van der Waals surface area contributed by atoms with Gasteiger partial charge in [-0.25, -0.2) is 8.42 Å². The van der Waals surface area contributed by atoms with Crippen LogP contribution in [0.1, 0.15) is 30.1 Å². The summed E-state index contributed by atoms with van der Waals surface area (Å²) in [5.41, 5.74) is 5.55. The van der Waals surface area contributed by atoms with Gasteiger partial charge in [-0.05, 0) is 54.8 Å². The predicted molar refractivity (Wildman–Crippen MR) is 134 cm³/mol. The van der Waals surface area contributed by atoms with Gasteiger partial charge in [-0.1, -0.05) is 36.4 Å². The highest BCUT2D eigenvalue weighted by atomic mass is 32.2. The lowest BCUT2D eigenvalue weighted by Gasteiger charge is -2.23. The standard InChI is InChI=1S/C28H25N3O2S/c1-30-24-14-12-20(16-22(24)28-23-13-11-18(29-23)15-26(28)30)34(32,33)27-17-31(19-7-3-2-4-8-19)25-10-6-5-9-21(25)27/h2-10,12,14,16-18,23,29H,11,13,15H2,1H3. The van der Waals surface area contributed by atoms with E-state index in [0.29, 0.717) is 21.9 Å². The average Bonchev–Trinajstić information content (AvgIpc) is 3.53. The van der Waals surface area contributed by atoms with E-state index in [9.17, 15) is 8.42 Å². The fourth-order valence-corrected chi connectivity index (χ4v) is 7.52. The van der Waals surface area contributed by atoms with E-state index in [1.54, 1.807) is 12.3 Å². The second-order valence-electron chi connectivity index (χ2n) is 9.52. The molecule has 1 N–H and O–H groups in total. The topological polar surface area (TPSA) is 56.0 Å². The van der Waals surface area contributed by atoms with Gasteiger partial charge in [-0.15, -0.1) is 0 Å². The Morgan fingerprint density at radius 2 is 1.68 bits per heavy atom. The maximum Gasteiger partial charge on any atom is 0.208 e. The number of nitrogens with one attached hydrogen (secondary N) is 1. The van der Waals surface area contributed by atoms with Crippen LogP contribution in [0, 0.1) is 0 Å². The number of aromatic nitrogens is 2. The first-order chi connectivity index (χ1) is 16.5. The zero-order valence-corrected chi connectivity index (χ0v) is 19.7. The van der Waals surface area contributed by atoms with Crippen molar-refractivity contribution < 1.29 is 8.42 Å². The molecular formula is C28H25N3O2S. The van der Waals surface area contributed by atoms with Crippen molar-refractivity contribution in [3.8, 4) is 5.69 Å². The van der Waals surface area contributed by atoms with Crippen molar-refractivity contribution in [2.45, 2.75) is 41.1 Å². The van der Waals surface area contributed by atoms with Gasteiger partial charge in [0.25, 0.3) is 0 Å². The number of rotatable bonds is 3. The normalized spacial score (nSPS) is 19.7. The maximum atomic E-state index is 14.0. The lowest BCUT2D eigenvalue weighted by molar-refractivity contribution is 0.503.